The lowest BCUT2D eigenvalue weighted by molar-refractivity contribution is 0.387. The highest BCUT2D eigenvalue weighted by Crippen LogP contribution is 2.39. The molecule has 4 aliphatic heterocycles. The Morgan fingerprint density at radius 1 is 0.511 bits per heavy atom. The molecule has 4 aliphatic rings. The second-order valence-electron chi connectivity index (χ2n) is 13.4. The van der Waals surface area contributed by atoms with Crippen LogP contribution in [0.5, 0.6) is 23.0 Å². The zero-order valence-corrected chi connectivity index (χ0v) is 27.0. The van der Waals surface area contributed by atoms with Gasteiger partial charge in [-0.2, -0.15) is 0 Å². The third kappa shape index (κ3) is 7.57. The molecule has 0 aromatic heterocycles. The number of benzene rings is 4. The summed E-state index contributed by atoms with van der Waals surface area (Å²) in [6.45, 7) is 11.1. The number of nitrogens with zero attached hydrogens (tertiary/aromatic N) is 2. The molecule has 244 valence electrons. The van der Waals surface area contributed by atoms with Crippen LogP contribution in [0, 0.1) is 0 Å². The van der Waals surface area contributed by atoms with Crippen molar-refractivity contribution in [3.8, 4) is 23.0 Å². The van der Waals surface area contributed by atoms with Gasteiger partial charge in [0.2, 0.25) is 0 Å². The summed E-state index contributed by atoms with van der Waals surface area (Å²) in [5, 5.41) is 0. The Bertz CT molecular complexity index is 1510. The maximum absolute atomic E-state index is 6.46. The molecule has 0 amide bonds. The first kappa shape index (κ1) is 30.3. The Labute approximate surface area is 276 Å². The van der Waals surface area contributed by atoms with Crippen LogP contribution in [-0.2, 0) is 24.4 Å². The number of ether oxygens (including phenoxy) is 6. The van der Waals surface area contributed by atoms with E-state index in [0.717, 1.165) is 87.0 Å². The normalized spacial score (nSPS) is 22.3. The Kier molecular flexibility index (Phi) is 8.27. The number of hydrogen-bond donors (Lipinski definition) is 0. The highest BCUT2D eigenvalue weighted by molar-refractivity contribution is 5.61. The number of epoxide rings is 4. The van der Waals surface area contributed by atoms with Gasteiger partial charge in [0, 0.05) is 31.6 Å². The lowest BCUT2D eigenvalue weighted by Gasteiger charge is -2.27. The number of rotatable bonds is 16. The maximum atomic E-state index is 6.46. The van der Waals surface area contributed by atoms with Gasteiger partial charge in [-0.15, -0.1) is 0 Å². The van der Waals surface area contributed by atoms with E-state index in [0.29, 0.717) is 0 Å². The standard InChI is InChI=1S/C39H42N2O6/c1-39(2,27-11-15-29(16-12-27)46-37-9-5-3-7-35(37)40(19-31-23-42-31)20-32-24-43-32)28-13-17-30(18-14-28)47-38-10-6-4-8-36(38)41(21-33-25-44-33)22-34-26-45-34/h3-18,31-34H,19-26H2,1-2H3. The van der Waals surface area contributed by atoms with Crippen LogP contribution in [0.4, 0.5) is 11.4 Å². The Hall–Kier alpha value is -4.08. The van der Waals surface area contributed by atoms with Crippen molar-refractivity contribution in [1.82, 2.24) is 0 Å². The van der Waals surface area contributed by atoms with Crippen LogP contribution in [0.1, 0.15) is 25.0 Å². The molecule has 0 radical (unpaired) electrons. The molecule has 4 heterocycles. The van der Waals surface area contributed by atoms with E-state index in [2.05, 4.69) is 96.4 Å². The second kappa shape index (κ2) is 12.8. The highest BCUT2D eigenvalue weighted by Gasteiger charge is 2.33. The Morgan fingerprint density at radius 3 is 1.15 bits per heavy atom. The predicted molar refractivity (Wildman–Crippen MR) is 181 cm³/mol. The fourth-order valence-electron chi connectivity index (χ4n) is 6.13. The van der Waals surface area contributed by atoms with E-state index in [1.54, 1.807) is 0 Å². The monoisotopic (exact) mass is 634 g/mol. The van der Waals surface area contributed by atoms with Crippen molar-refractivity contribution in [2.45, 2.75) is 43.7 Å². The van der Waals surface area contributed by atoms with E-state index in [9.17, 15) is 0 Å². The summed E-state index contributed by atoms with van der Waals surface area (Å²) in [5.41, 5.74) is 4.32. The summed E-state index contributed by atoms with van der Waals surface area (Å²) in [7, 11) is 0. The topological polar surface area (TPSA) is 75.1 Å². The van der Waals surface area contributed by atoms with Gasteiger partial charge in [-0.3, -0.25) is 0 Å². The van der Waals surface area contributed by atoms with Crippen molar-refractivity contribution >= 4 is 11.4 Å². The number of hydrogen-bond acceptors (Lipinski definition) is 8. The molecule has 4 atom stereocenters. The van der Waals surface area contributed by atoms with Crippen molar-refractivity contribution in [3.05, 3.63) is 108 Å². The minimum atomic E-state index is -0.219. The first-order chi connectivity index (χ1) is 23.0. The zero-order chi connectivity index (χ0) is 31.8. The molecule has 0 spiro atoms. The summed E-state index contributed by atoms with van der Waals surface area (Å²) < 4.78 is 35.1. The zero-order valence-electron chi connectivity index (χ0n) is 27.0. The molecular weight excluding hydrogens is 592 g/mol. The molecule has 0 saturated carbocycles. The van der Waals surface area contributed by atoms with Gasteiger partial charge in [0.25, 0.3) is 0 Å². The van der Waals surface area contributed by atoms with E-state index in [1.165, 1.54) is 11.1 Å². The predicted octanol–water partition coefficient (Wildman–Crippen LogP) is 6.81. The van der Waals surface area contributed by atoms with Crippen LogP contribution in [0.25, 0.3) is 0 Å². The van der Waals surface area contributed by atoms with Crippen molar-refractivity contribution in [2.24, 2.45) is 0 Å². The Balaban J connectivity index is 0.947. The number of para-hydroxylation sites is 4. The van der Waals surface area contributed by atoms with E-state index in [-0.39, 0.29) is 29.8 Å². The largest absolute Gasteiger partial charge is 0.455 e. The van der Waals surface area contributed by atoms with Crippen molar-refractivity contribution < 1.29 is 28.4 Å². The van der Waals surface area contributed by atoms with Gasteiger partial charge in [0.15, 0.2) is 11.5 Å². The molecule has 0 aliphatic carbocycles. The fourth-order valence-corrected chi connectivity index (χ4v) is 6.13. The summed E-state index contributed by atoms with van der Waals surface area (Å²) in [5.74, 6) is 3.28. The van der Waals surface area contributed by atoms with Crippen molar-refractivity contribution in [1.29, 1.82) is 0 Å². The average molecular weight is 635 g/mol. The van der Waals surface area contributed by atoms with E-state index in [4.69, 9.17) is 28.4 Å². The van der Waals surface area contributed by atoms with Gasteiger partial charge >= 0.3 is 0 Å². The fraction of sp³-hybridized carbons (Fsp3) is 0.385. The van der Waals surface area contributed by atoms with Gasteiger partial charge < -0.3 is 38.2 Å². The van der Waals surface area contributed by atoms with Crippen LogP contribution >= 0.6 is 0 Å². The van der Waals surface area contributed by atoms with Gasteiger partial charge in [-0.1, -0.05) is 62.4 Å². The lowest BCUT2D eigenvalue weighted by Crippen LogP contribution is -2.31. The van der Waals surface area contributed by atoms with Gasteiger partial charge in [0.05, 0.1) is 62.2 Å². The van der Waals surface area contributed by atoms with E-state index >= 15 is 0 Å². The molecule has 8 heteroatoms. The van der Waals surface area contributed by atoms with Crippen molar-refractivity contribution in [3.63, 3.8) is 0 Å². The summed E-state index contributed by atoms with van der Waals surface area (Å²) in [6.07, 6.45) is 1.13. The van der Waals surface area contributed by atoms with Crippen LogP contribution in [0.2, 0.25) is 0 Å². The molecule has 4 saturated heterocycles. The SMILES string of the molecule is CC(C)(c1ccc(Oc2ccccc2N(CC2CO2)CC2CO2)cc1)c1ccc(Oc2ccccc2N(CC2CO2)CC2CO2)cc1. The molecule has 4 fully saturated rings. The van der Waals surface area contributed by atoms with Gasteiger partial charge in [-0.25, -0.2) is 0 Å². The smallest absolute Gasteiger partial charge is 0.150 e. The molecule has 0 N–H and O–H groups in total. The first-order valence-corrected chi connectivity index (χ1v) is 16.7. The third-order valence-corrected chi connectivity index (χ3v) is 9.33. The van der Waals surface area contributed by atoms with Crippen LogP contribution < -0.4 is 19.3 Å². The minimum Gasteiger partial charge on any atom is -0.455 e. The second-order valence-corrected chi connectivity index (χ2v) is 13.4. The minimum absolute atomic E-state index is 0.219. The molecule has 4 aromatic carbocycles. The lowest BCUT2D eigenvalue weighted by atomic mass is 9.78. The van der Waals surface area contributed by atoms with Gasteiger partial charge in [0.1, 0.15) is 11.5 Å². The van der Waals surface area contributed by atoms with E-state index in [1.807, 2.05) is 24.3 Å². The van der Waals surface area contributed by atoms with Crippen LogP contribution in [-0.4, -0.2) is 77.0 Å². The molecule has 8 rings (SSSR count). The molecule has 47 heavy (non-hydrogen) atoms. The molecule has 0 bridgehead atoms. The first-order valence-electron chi connectivity index (χ1n) is 16.7. The third-order valence-electron chi connectivity index (χ3n) is 9.33. The van der Waals surface area contributed by atoms with Crippen molar-refractivity contribution in [2.75, 3.05) is 62.4 Å². The highest BCUT2D eigenvalue weighted by atomic mass is 16.6. The van der Waals surface area contributed by atoms with Crippen LogP contribution in [0.3, 0.4) is 0 Å². The average Bonchev–Trinajstić information content (AvgIpc) is 3.89. The molecule has 4 aromatic rings. The molecule has 4 unspecified atom stereocenters. The quantitative estimate of drug-likeness (QED) is 0.125. The Morgan fingerprint density at radius 2 is 0.830 bits per heavy atom. The molecular formula is C39H42N2O6. The summed E-state index contributed by atoms with van der Waals surface area (Å²) in [4.78, 5) is 4.66. The summed E-state index contributed by atoms with van der Waals surface area (Å²) in [6, 6.07) is 33.3. The number of anilines is 2. The maximum Gasteiger partial charge on any atom is 0.150 e. The van der Waals surface area contributed by atoms with Gasteiger partial charge in [-0.05, 0) is 59.7 Å². The summed E-state index contributed by atoms with van der Waals surface area (Å²) >= 11 is 0. The molecule has 8 nitrogen and oxygen atoms in total. The van der Waals surface area contributed by atoms with Crippen LogP contribution in [0.15, 0.2) is 97.1 Å². The van der Waals surface area contributed by atoms with E-state index < -0.39 is 0 Å².